The molecule has 25 heavy (non-hydrogen) atoms. The molecule has 5 nitrogen and oxygen atoms in total. The average Bonchev–Trinajstić information content (AvgIpc) is 3.19. The Morgan fingerprint density at radius 2 is 2.00 bits per heavy atom. The fourth-order valence-corrected chi connectivity index (χ4v) is 3.67. The summed E-state index contributed by atoms with van der Waals surface area (Å²) in [6.45, 7) is 0. The van der Waals surface area contributed by atoms with Crippen LogP contribution in [-0.4, -0.2) is 28.0 Å². The number of carbonyl (C=O) groups is 1. The molecule has 0 fully saturated rings. The third-order valence-electron chi connectivity index (χ3n) is 3.93. The third kappa shape index (κ3) is 2.92. The highest BCUT2D eigenvalue weighted by Gasteiger charge is 2.18. The van der Waals surface area contributed by atoms with Crippen molar-refractivity contribution in [2.45, 2.75) is 6.42 Å². The van der Waals surface area contributed by atoms with E-state index < -0.39 is 0 Å². The lowest BCUT2D eigenvalue weighted by molar-refractivity contribution is 0.111. The van der Waals surface area contributed by atoms with Gasteiger partial charge in [-0.25, -0.2) is 4.98 Å². The Bertz CT molecular complexity index is 1040. The van der Waals surface area contributed by atoms with Gasteiger partial charge in [0.2, 0.25) is 4.96 Å². The maximum atomic E-state index is 11.7. The van der Waals surface area contributed by atoms with Gasteiger partial charge in [0.05, 0.1) is 7.11 Å². The first-order chi connectivity index (χ1) is 12.3. The van der Waals surface area contributed by atoms with Gasteiger partial charge in [-0.05, 0) is 17.7 Å². The van der Waals surface area contributed by atoms with Crippen LogP contribution in [0.4, 0.5) is 0 Å². The number of hydrogen-bond donors (Lipinski definition) is 0. The van der Waals surface area contributed by atoms with Crippen molar-refractivity contribution >= 4 is 22.6 Å². The number of benzene rings is 2. The molecule has 2 heterocycles. The lowest BCUT2D eigenvalue weighted by Crippen LogP contribution is -1.96. The monoisotopic (exact) mass is 349 g/mol. The predicted octanol–water partition coefficient (Wildman–Crippen LogP) is 3.87. The van der Waals surface area contributed by atoms with Crippen molar-refractivity contribution in [1.82, 2.24) is 14.6 Å². The minimum Gasteiger partial charge on any atom is -0.497 e. The Morgan fingerprint density at radius 3 is 2.76 bits per heavy atom. The van der Waals surface area contributed by atoms with Crippen LogP contribution in [-0.2, 0) is 6.42 Å². The molecule has 6 heteroatoms. The predicted molar refractivity (Wildman–Crippen MR) is 97.5 cm³/mol. The summed E-state index contributed by atoms with van der Waals surface area (Å²) >= 11 is 1.50. The van der Waals surface area contributed by atoms with Crippen LogP contribution in [0.1, 0.15) is 21.1 Å². The standard InChI is InChI=1S/C19H15N3O2S/c1-24-15-9-5-8-14(11-15)18-16(12-23)22-19(20-18)25-17(21-22)10-13-6-3-2-4-7-13/h2-9,11-12H,10H2,1H3. The van der Waals surface area contributed by atoms with Crippen LogP contribution >= 0.6 is 11.3 Å². The molecule has 4 aromatic rings. The molecule has 0 atom stereocenters. The topological polar surface area (TPSA) is 56.5 Å². The fourth-order valence-electron chi connectivity index (χ4n) is 2.73. The van der Waals surface area contributed by atoms with Crippen molar-refractivity contribution in [3.05, 3.63) is 70.9 Å². The first-order valence-electron chi connectivity index (χ1n) is 7.80. The number of methoxy groups -OCH3 is 1. The van der Waals surface area contributed by atoms with Crippen molar-refractivity contribution in [2.75, 3.05) is 7.11 Å². The Hall–Kier alpha value is -2.99. The minimum atomic E-state index is 0.457. The van der Waals surface area contributed by atoms with Crippen LogP contribution in [0.15, 0.2) is 54.6 Å². The van der Waals surface area contributed by atoms with Gasteiger partial charge in [-0.2, -0.15) is 9.61 Å². The van der Waals surface area contributed by atoms with Gasteiger partial charge in [0.15, 0.2) is 6.29 Å². The van der Waals surface area contributed by atoms with Crippen LogP contribution in [0.25, 0.3) is 16.2 Å². The Balaban J connectivity index is 1.75. The number of ether oxygens (including phenoxy) is 1. The average molecular weight is 349 g/mol. The summed E-state index contributed by atoms with van der Waals surface area (Å²) in [5, 5.41) is 5.50. The second kappa shape index (κ2) is 6.49. The number of nitrogens with zero attached hydrogens (tertiary/aromatic N) is 3. The van der Waals surface area contributed by atoms with E-state index in [1.165, 1.54) is 16.9 Å². The van der Waals surface area contributed by atoms with E-state index in [0.717, 1.165) is 29.0 Å². The first kappa shape index (κ1) is 15.5. The van der Waals surface area contributed by atoms with Crippen LogP contribution < -0.4 is 4.74 Å². The van der Waals surface area contributed by atoms with Crippen LogP contribution in [0.5, 0.6) is 5.75 Å². The molecule has 0 aliphatic rings. The van der Waals surface area contributed by atoms with Crippen molar-refractivity contribution in [3.63, 3.8) is 0 Å². The maximum absolute atomic E-state index is 11.7. The van der Waals surface area contributed by atoms with Crippen molar-refractivity contribution in [3.8, 4) is 17.0 Å². The van der Waals surface area contributed by atoms with Gasteiger partial charge in [0.25, 0.3) is 0 Å². The molecule has 0 spiro atoms. The van der Waals surface area contributed by atoms with Crippen LogP contribution in [0.3, 0.4) is 0 Å². The van der Waals surface area contributed by atoms with Gasteiger partial charge in [0, 0.05) is 12.0 Å². The lowest BCUT2D eigenvalue weighted by atomic mass is 10.1. The van der Waals surface area contributed by atoms with E-state index in [1.807, 2.05) is 42.5 Å². The van der Waals surface area contributed by atoms with E-state index in [0.29, 0.717) is 16.3 Å². The van der Waals surface area contributed by atoms with Crippen molar-refractivity contribution in [1.29, 1.82) is 0 Å². The summed E-state index contributed by atoms with van der Waals surface area (Å²) in [6, 6.07) is 17.6. The Labute approximate surface area is 148 Å². The quantitative estimate of drug-likeness (QED) is 0.513. The number of aldehydes is 1. The van der Waals surface area contributed by atoms with E-state index in [2.05, 4.69) is 22.2 Å². The zero-order valence-corrected chi connectivity index (χ0v) is 14.4. The molecule has 2 aromatic carbocycles. The number of carbonyl (C=O) groups excluding carboxylic acids is 1. The molecule has 2 aromatic heterocycles. The highest BCUT2D eigenvalue weighted by atomic mass is 32.1. The number of hydrogen-bond acceptors (Lipinski definition) is 5. The molecule has 0 aliphatic carbocycles. The molecule has 0 aliphatic heterocycles. The molecule has 4 rings (SSSR count). The number of fused-ring (bicyclic) bond motifs is 1. The van der Waals surface area contributed by atoms with Crippen molar-refractivity contribution in [2.24, 2.45) is 0 Å². The summed E-state index contributed by atoms with van der Waals surface area (Å²) in [7, 11) is 1.61. The molecule has 0 saturated heterocycles. The molecule has 124 valence electrons. The maximum Gasteiger partial charge on any atom is 0.213 e. The summed E-state index contributed by atoms with van der Waals surface area (Å²) in [4.78, 5) is 17.0. The number of rotatable bonds is 5. The molecule has 0 unspecified atom stereocenters. The lowest BCUT2D eigenvalue weighted by Gasteiger charge is -2.02. The highest BCUT2D eigenvalue weighted by molar-refractivity contribution is 7.16. The van der Waals surface area contributed by atoms with E-state index >= 15 is 0 Å². The highest BCUT2D eigenvalue weighted by Crippen LogP contribution is 2.29. The summed E-state index contributed by atoms with van der Waals surface area (Å²) < 4.78 is 6.88. The smallest absolute Gasteiger partial charge is 0.213 e. The molecular weight excluding hydrogens is 334 g/mol. The third-order valence-corrected chi connectivity index (χ3v) is 4.84. The fraction of sp³-hybridized carbons (Fsp3) is 0.105. The van der Waals surface area contributed by atoms with Gasteiger partial charge < -0.3 is 4.74 Å². The molecule has 0 N–H and O–H groups in total. The van der Waals surface area contributed by atoms with Crippen LogP contribution in [0, 0.1) is 0 Å². The molecule has 0 radical (unpaired) electrons. The normalized spacial score (nSPS) is 10.9. The summed E-state index contributed by atoms with van der Waals surface area (Å²) in [5.74, 6) is 0.725. The second-order valence-corrected chi connectivity index (χ2v) is 6.59. The zero-order valence-electron chi connectivity index (χ0n) is 13.5. The first-order valence-corrected chi connectivity index (χ1v) is 8.62. The molecule has 0 saturated carbocycles. The largest absolute Gasteiger partial charge is 0.497 e. The molecular formula is C19H15N3O2S. The molecule has 0 bridgehead atoms. The van der Waals surface area contributed by atoms with E-state index in [9.17, 15) is 4.79 Å². The van der Waals surface area contributed by atoms with Gasteiger partial charge in [0.1, 0.15) is 22.1 Å². The second-order valence-electron chi connectivity index (χ2n) is 5.55. The van der Waals surface area contributed by atoms with Crippen molar-refractivity contribution < 1.29 is 9.53 Å². The SMILES string of the molecule is COc1cccc(-c2nc3sc(Cc4ccccc4)nn3c2C=O)c1. The van der Waals surface area contributed by atoms with E-state index in [-0.39, 0.29) is 0 Å². The van der Waals surface area contributed by atoms with Crippen LogP contribution in [0.2, 0.25) is 0 Å². The Morgan fingerprint density at radius 1 is 1.16 bits per heavy atom. The van der Waals surface area contributed by atoms with Gasteiger partial charge in [-0.3, -0.25) is 4.79 Å². The van der Waals surface area contributed by atoms with E-state index in [1.54, 1.807) is 11.6 Å². The summed E-state index contributed by atoms with van der Waals surface area (Å²) in [5.41, 5.74) is 3.10. The van der Waals surface area contributed by atoms with Gasteiger partial charge >= 0.3 is 0 Å². The van der Waals surface area contributed by atoms with Gasteiger partial charge in [-0.1, -0.05) is 53.8 Å². The van der Waals surface area contributed by atoms with E-state index in [4.69, 9.17) is 4.74 Å². The summed E-state index contributed by atoms with van der Waals surface area (Å²) in [6.07, 6.45) is 1.53. The molecule has 0 amide bonds. The number of aromatic nitrogens is 3. The number of imidazole rings is 1. The minimum absolute atomic E-state index is 0.457. The van der Waals surface area contributed by atoms with Gasteiger partial charge in [-0.15, -0.1) is 0 Å². The Kier molecular flexibility index (Phi) is 4.03. The zero-order chi connectivity index (χ0) is 17.2.